The van der Waals surface area contributed by atoms with Crippen LogP contribution in [0, 0.1) is 0 Å². The lowest BCUT2D eigenvalue weighted by atomic mass is 10.1. The van der Waals surface area contributed by atoms with E-state index >= 15 is 0 Å². The summed E-state index contributed by atoms with van der Waals surface area (Å²) in [7, 11) is -1.77. The fraction of sp³-hybridized carbons (Fsp3) is 0.294. The molecule has 0 aromatic heterocycles. The van der Waals surface area contributed by atoms with Crippen molar-refractivity contribution >= 4 is 31.9 Å². The van der Waals surface area contributed by atoms with E-state index in [-0.39, 0.29) is 12.3 Å². The van der Waals surface area contributed by atoms with Crippen LogP contribution in [-0.2, 0) is 16.9 Å². The highest BCUT2D eigenvalue weighted by atomic mass is 79.9. The van der Waals surface area contributed by atoms with Gasteiger partial charge in [-0.1, -0.05) is 52.3 Å². The van der Waals surface area contributed by atoms with E-state index in [1.807, 2.05) is 30.3 Å². The molecule has 0 aliphatic rings. The van der Waals surface area contributed by atoms with Gasteiger partial charge in [0.2, 0.25) is 0 Å². The Bertz CT molecular complexity index is 824. The predicted molar refractivity (Wildman–Crippen MR) is 101 cm³/mol. The first-order chi connectivity index (χ1) is 11.7. The number of ether oxygens (including phenoxy) is 1. The molecule has 2 N–H and O–H groups in total. The predicted octanol–water partition coefficient (Wildman–Crippen LogP) is 3.06. The first-order valence-electron chi connectivity index (χ1n) is 7.53. The van der Waals surface area contributed by atoms with Gasteiger partial charge in [0, 0.05) is 11.4 Å². The number of halogens is 1. The average molecular weight is 431 g/mol. The van der Waals surface area contributed by atoms with Crippen LogP contribution in [0.3, 0.4) is 0 Å². The third-order valence-electron chi connectivity index (χ3n) is 3.91. The van der Waals surface area contributed by atoms with E-state index in [1.165, 1.54) is 20.2 Å². The van der Waals surface area contributed by atoms with E-state index in [9.17, 15) is 18.1 Å². The number of nitrogens with zero attached hydrogens (tertiary/aromatic N) is 1. The van der Waals surface area contributed by atoms with Crippen molar-refractivity contribution in [1.82, 2.24) is 3.89 Å². The van der Waals surface area contributed by atoms with E-state index in [4.69, 9.17) is 4.74 Å². The van der Waals surface area contributed by atoms with E-state index in [1.54, 1.807) is 12.1 Å². The van der Waals surface area contributed by atoms with E-state index in [0.717, 1.165) is 5.56 Å². The molecule has 1 atom stereocenters. The number of hydrogen-bond acceptors (Lipinski definition) is 4. The Morgan fingerprint density at radius 1 is 1.16 bits per heavy atom. The van der Waals surface area contributed by atoms with Crippen LogP contribution in [0.4, 0.5) is 5.69 Å². The summed E-state index contributed by atoms with van der Waals surface area (Å²) >= 11 is 3.19. The molecule has 8 heteroatoms. The summed E-state index contributed by atoms with van der Waals surface area (Å²) in [5.74, 6) is 0.317. The highest BCUT2D eigenvalue weighted by molar-refractivity contribution is 9.09. The highest BCUT2D eigenvalue weighted by Gasteiger charge is 2.37. The summed E-state index contributed by atoms with van der Waals surface area (Å²) in [4.78, 5) is 0. The Hall–Kier alpha value is -1.45. The van der Waals surface area contributed by atoms with Crippen molar-refractivity contribution in [3.05, 3.63) is 59.7 Å². The fourth-order valence-corrected chi connectivity index (χ4v) is 3.00. The molecule has 25 heavy (non-hydrogen) atoms. The van der Waals surface area contributed by atoms with E-state index < -0.39 is 20.3 Å². The largest absolute Gasteiger partial charge is 0.483 e. The summed E-state index contributed by atoms with van der Waals surface area (Å²) in [5.41, 5.74) is 1.68. The van der Waals surface area contributed by atoms with Gasteiger partial charge in [-0.3, -0.25) is 0 Å². The van der Waals surface area contributed by atoms with Gasteiger partial charge in [0.1, 0.15) is 6.61 Å². The lowest BCUT2D eigenvalue weighted by Gasteiger charge is -2.27. The smallest absolute Gasteiger partial charge is 0.437 e. The van der Waals surface area contributed by atoms with E-state index in [0.29, 0.717) is 16.6 Å². The molecule has 0 aliphatic heterocycles. The van der Waals surface area contributed by atoms with Crippen molar-refractivity contribution in [2.24, 2.45) is 0 Å². The molecule has 0 radical (unpaired) electrons. The number of hydrogen-bond donors (Lipinski definition) is 2. The highest BCUT2D eigenvalue weighted by Crippen LogP contribution is 2.36. The van der Waals surface area contributed by atoms with Gasteiger partial charge in [0.05, 0.1) is 20.2 Å². The second kappa shape index (κ2) is 7.84. The number of benzene rings is 2. The maximum atomic E-state index is 11.8. The first-order valence-corrected chi connectivity index (χ1v) is 10.1. The van der Waals surface area contributed by atoms with Gasteiger partial charge < -0.3 is 9.84 Å². The zero-order chi connectivity index (χ0) is 18.7. The van der Waals surface area contributed by atoms with Crippen molar-refractivity contribution in [3.63, 3.8) is 0 Å². The van der Waals surface area contributed by atoms with Crippen LogP contribution >= 0.6 is 15.9 Å². The third kappa shape index (κ3) is 4.59. The van der Waals surface area contributed by atoms with Crippen LogP contribution in [-0.4, -0.2) is 37.5 Å². The van der Waals surface area contributed by atoms with Gasteiger partial charge in [0.15, 0.2) is 11.4 Å². The summed E-state index contributed by atoms with van der Waals surface area (Å²) in [5, 5.41) is 10.3. The van der Waals surface area contributed by atoms with Crippen LogP contribution < -0.4 is 8.63 Å². The van der Waals surface area contributed by atoms with Crippen LogP contribution in [0.1, 0.15) is 17.2 Å². The van der Waals surface area contributed by atoms with Gasteiger partial charge in [-0.2, -0.15) is 3.89 Å². The third-order valence-corrected chi connectivity index (χ3v) is 5.87. The lowest BCUT2D eigenvalue weighted by molar-refractivity contribution is 0.205. The quantitative estimate of drug-likeness (QED) is 0.400. The summed E-state index contributed by atoms with van der Waals surface area (Å²) < 4.78 is 38.2. The molecule has 6 nitrogen and oxygen atoms in total. The van der Waals surface area contributed by atoms with Gasteiger partial charge in [-0.05, 0) is 17.2 Å². The normalized spacial score (nSPS) is 13.5. The zero-order valence-corrected chi connectivity index (χ0v) is 16.4. The summed E-state index contributed by atoms with van der Waals surface area (Å²) in [6.45, 7) is 0.250. The molecule has 0 bridgehead atoms. The molecule has 0 fully saturated rings. The van der Waals surface area contributed by atoms with Crippen LogP contribution in [0.15, 0.2) is 48.5 Å². The van der Waals surface area contributed by atoms with Gasteiger partial charge in [0.25, 0.3) is 0 Å². The second-order valence-corrected chi connectivity index (χ2v) is 8.43. The molecule has 0 amide bonds. The molecular formula is C17H21BrNO5S+. The minimum atomic E-state index is -4.45. The van der Waals surface area contributed by atoms with Crippen molar-refractivity contribution in [1.29, 1.82) is 0 Å². The standard InChI is InChI=1S/C17H20BrNO5S/c1-19(2,25(21,22)23)15-10-14(16(20)11-18)8-9-17(15)24-12-13-6-4-3-5-7-13/h3-10,16,20H,11-12H2,1-2H3/p+1. The molecule has 0 saturated carbocycles. The summed E-state index contributed by atoms with van der Waals surface area (Å²) in [6.07, 6.45) is -0.802. The Labute approximate surface area is 156 Å². The molecule has 2 rings (SSSR count). The van der Waals surface area contributed by atoms with Crippen molar-refractivity contribution < 1.29 is 22.8 Å². The molecule has 0 spiro atoms. The monoisotopic (exact) mass is 430 g/mol. The van der Waals surface area contributed by atoms with Crippen LogP contribution in [0.2, 0.25) is 0 Å². The minimum absolute atomic E-state index is 0.232. The average Bonchev–Trinajstić information content (AvgIpc) is 2.59. The second-order valence-electron chi connectivity index (χ2n) is 5.97. The molecule has 0 saturated heterocycles. The molecule has 0 heterocycles. The van der Waals surface area contributed by atoms with Crippen molar-refractivity contribution in [2.45, 2.75) is 12.7 Å². The Kier molecular flexibility index (Phi) is 6.23. The first kappa shape index (κ1) is 19.9. The Morgan fingerprint density at radius 3 is 2.36 bits per heavy atom. The SMILES string of the molecule is C[N+](C)(c1cc(C(O)CBr)ccc1OCc1ccccc1)S(=O)(=O)O. The number of aliphatic hydroxyl groups excluding tert-OH is 1. The van der Waals surface area contributed by atoms with Gasteiger partial charge in [-0.15, -0.1) is 8.42 Å². The molecule has 2 aromatic rings. The molecular weight excluding hydrogens is 410 g/mol. The molecule has 1 unspecified atom stereocenters. The molecule has 0 aliphatic carbocycles. The Balaban J connectivity index is 2.44. The minimum Gasteiger partial charge on any atom is -0.483 e. The number of aliphatic hydroxyl groups is 1. The maximum absolute atomic E-state index is 11.8. The summed E-state index contributed by atoms with van der Waals surface area (Å²) in [6, 6.07) is 14.2. The van der Waals surface area contributed by atoms with Gasteiger partial charge in [-0.25, -0.2) is 4.55 Å². The zero-order valence-electron chi connectivity index (χ0n) is 14.0. The van der Waals surface area contributed by atoms with Gasteiger partial charge >= 0.3 is 10.3 Å². The van der Waals surface area contributed by atoms with Crippen LogP contribution in [0.25, 0.3) is 0 Å². The van der Waals surface area contributed by atoms with Crippen LogP contribution in [0.5, 0.6) is 5.75 Å². The number of quaternary nitrogens is 1. The number of rotatable bonds is 7. The van der Waals surface area contributed by atoms with E-state index in [2.05, 4.69) is 15.9 Å². The fourth-order valence-electron chi connectivity index (χ4n) is 2.23. The maximum Gasteiger partial charge on any atom is 0.437 e. The lowest BCUT2D eigenvalue weighted by Crippen LogP contribution is -2.46. The number of alkyl halides is 1. The van der Waals surface area contributed by atoms with Crippen molar-refractivity contribution in [3.8, 4) is 5.75 Å². The molecule has 2 aromatic carbocycles. The topological polar surface area (TPSA) is 83.8 Å². The Morgan fingerprint density at radius 2 is 1.80 bits per heavy atom. The molecule has 136 valence electrons. The van der Waals surface area contributed by atoms with Crippen molar-refractivity contribution in [2.75, 3.05) is 19.4 Å².